The number of nitrogens with zero attached hydrogens (tertiary/aromatic N) is 8. The van der Waals surface area contributed by atoms with Crippen molar-refractivity contribution in [3.8, 4) is 0 Å². The zero-order valence-electron chi connectivity index (χ0n) is 43.5. The first kappa shape index (κ1) is 51.8. The van der Waals surface area contributed by atoms with Gasteiger partial charge in [0.2, 0.25) is 0 Å². The molecule has 6 aromatic rings. The molecule has 0 saturated carbocycles. The molecule has 20 nitrogen and oxygen atoms in total. The molecule has 6 aliphatic rings. The number of hydrogen-bond acceptors (Lipinski definition) is 13. The average Bonchev–Trinajstić information content (AvgIpc) is 4.29. The Kier molecular flexibility index (Phi) is 11.9. The van der Waals surface area contributed by atoms with Gasteiger partial charge in [-0.2, -0.15) is 8.42 Å². The average molecular weight is 1130 g/mol. The molecule has 4 aromatic carbocycles. The van der Waals surface area contributed by atoms with Crippen molar-refractivity contribution in [1.29, 1.82) is 0 Å². The van der Waals surface area contributed by atoms with Crippen molar-refractivity contribution < 1.29 is 52.3 Å². The van der Waals surface area contributed by atoms with Gasteiger partial charge in [0.05, 0.1) is 15.9 Å². The molecule has 0 saturated heterocycles. The zero-order valence-corrected chi connectivity index (χ0v) is 48.2. The Balaban J connectivity index is 1.02. The summed E-state index contributed by atoms with van der Waals surface area (Å²) in [5.74, 6) is 2.82. The second kappa shape index (κ2) is 17.8. The van der Waals surface area contributed by atoms with Gasteiger partial charge in [-0.3, -0.25) is 4.55 Å². The molecule has 6 aliphatic heterocycles. The minimum absolute atomic E-state index is 0.0946. The van der Waals surface area contributed by atoms with Crippen LogP contribution >= 0.6 is 0 Å². The van der Waals surface area contributed by atoms with Gasteiger partial charge in [-0.15, -0.1) is 0 Å². The van der Waals surface area contributed by atoms with Crippen molar-refractivity contribution >= 4 is 107 Å². The van der Waals surface area contributed by atoms with E-state index in [2.05, 4.69) is 97.0 Å². The Bertz CT molecular complexity index is 3880. The van der Waals surface area contributed by atoms with E-state index in [9.17, 15) is 30.7 Å². The molecule has 77 heavy (non-hydrogen) atoms. The van der Waals surface area contributed by atoms with E-state index in [1.165, 1.54) is 0 Å². The van der Waals surface area contributed by atoms with E-state index in [0.717, 1.165) is 48.7 Å². The molecule has 25 heteroatoms. The zero-order chi connectivity index (χ0) is 54.0. The molecule has 1 spiro atoms. The number of carbonyl (C=O) groups is 1. The molecular weight excluding hydrogens is 1070 g/mol. The Labute approximate surface area is 447 Å². The fourth-order valence-electron chi connectivity index (χ4n) is 13.5. The van der Waals surface area contributed by atoms with E-state index in [1.54, 1.807) is 0 Å². The molecule has 1 unspecified atom stereocenters. The number of quaternary nitrogens is 1. The third kappa shape index (κ3) is 7.56. The fourth-order valence-corrected chi connectivity index (χ4v) is 36.8. The third-order valence-electron chi connectivity index (χ3n) is 16.2. The summed E-state index contributed by atoms with van der Waals surface area (Å²) in [7, 11) is -21.9. The van der Waals surface area contributed by atoms with Crippen LogP contribution in [0.25, 0.3) is 21.5 Å². The number of rotatable bonds is 23. The van der Waals surface area contributed by atoms with Gasteiger partial charge in [0.15, 0.2) is 0 Å². The van der Waals surface area contributed by atoms with Crippen LogP contribution in [-0.2, 0) is 33.3 Å². The number of carbonyl (C=O) groups excluding carboxylic acids is 1. The van der Waals surface area contributed by atoms with Crippen LogP contribution < -0.4 is 26.9 Å². The van der Waals surface area contributed by atoms with Crippen molar-refractivity contribution in [1.82, 2.24) is 13.8 Å². The molecule has 2 aromatic heterocycles. The SMILES string of the molecule is C[Si](C)(CCCN)O[Si-2]123(O[Si](C)(C)CCCNC(=O)CCC[NH+](CCCS(=O)(=O)[O-])CCCS(=O)(=O)O)n4c5c6ccccc6c4N=C4c6ccccc6C(=[N+]41)N=c1c4ccccc4c(n12)=NC1=[N+]3C(=N5)c2ccccc21. The predicted molar refractivity (Wildman–Crippen MR) is 300 cm³/mol. The molecule has 0 radical (unpaired) electrons. The Morgan fingerprint density at radius 2 is 1.10 bits per heavy atom. The van der Waals surface area contributed by atoms with Crippen molar-refractivity contribution in [2.45, 2.75) is 76.8 Å². The van der Waals surface area contributed by atoms with Gasteiger partial charge in [-0.25, -0.2) is 8.42 Å². The predicted octanol–water partition coefficient (Wildman–Crippen LogP) is 3.50. The Hall–Kier alpha value is -5.98. The fraction of sp³-hybridized carbons (Fsp3) is 0.365. The number of amidine groups is 4. The number of aromatic nitrogens is 2. The molecule has 1 amide bonds. The minimum atomic E-state index is -6.86. The van der Waals surface area contributed by atoms with Crippen LogP contribution in [0.5, 0.6) is 0 Å². The van der Waals surface area contributed by atoms with Crippen molar-refractivity contribution in [3.63, 3.8) is 0 Å². The van der Waals surface area contributed by atoms with Crippen LogP contribution in [0.15, 0.2) is 117 Å². The van der Waals surface area contributed by atoms with E-state index < -0.39 is 56.1 Å². The Morgan fingerprint density at radius 3 is 1.60 bits per heavy atom. The van der Waals surface area contributed by atoms with Gasteiger partial charge in [-0.1, -0.05) is 0 Å². The van der Waals surface area contributed by atoms with Gasteiger partial charge < -0.3 is 4.55 Å². The maximum absolute atomic E-state index is 13.6. The number of benzene rings is 4. The molecular formula is C52H63N11O9S2Si3. The van der Waals surface area contributed by atoms with E-state index in [1.807, 2.05) is 48.5 Å². The van der Waals surface area contributed by atoms with Crippen LogP contribution in [0.3, 0.4) is 0 Å². The number of hydrogen-bond donors (Lipinski definition) is 4. The van der Waals surface area contributed by atoms with Gasteiger partial charge >= 0.3 is 380 Å². The molecule has 404 valence electrons. The summed E-state index contributed by atoms with van der Waals surface area (Å²) >= 11 is 0. The quantitative estimate of drug-likeness (QED) is 0.0413. The van der Waals surface area contributed by atoms with Gasteiger partial charge in [0, 0.05) is 18.6 Å². The summed E-state index contributed by atoms with van der Waals surface area (Å²) in [4.78, 5) is 37.6. The Morgan fingerprint density at radius 1 is 0.649 bits per heavy atom. The molecule has 0 fully saturated rings. The molecule has 0 bridgehead atoms. The van der Waals surface area contributed by atoms with Gasteiger partial charge in [0.1, 0.15) is 0 Å². The van der Waals surface area contributed by atoms with Crippen LogP contribution in [0, 0.1) is 0 Å². The number of fused-ring (bicyclic) bond motifs is 12. The number of nitrogens with one attached hydrogen (secondary N) is 2. The summed E-state index contributed by atoms with van der Waals surface area (Å²) in [6.45, 7) is 10.9. The monoisotopic (exact) mass is 1130 g/mol. The maximum atomic E-state index is 13.6. The topological polar surface area (TPSA) is 255 Å². The van der Waals surface area contributed by atoms with E-state index in [-0.39, 0.29) is 25.2 Å². The van der Waals surface area contributed by atoms with Crippen LogP contribution in [0.1, 0.15) is 60.8 Å². The summed E-state index contributed by atoms with van der Waals surface area (Å²) < 4.78 is 93.6. The first-order valence-corrected chi connectivity index (χ1v) is 38.6. The van der Waals surface area contributed by atoms with Gasteiger partial charge in [-0.05, 0) is 0 Å². The van der Waals surface area contributed by atoms with Gasteiger partial charge in [0.25, 0.3) is 10.1 Å². The number of aliphatic imine (C=N–C) groups is 2. The van der Waals surface area contributed by atoms with Crippen LogP contribution in [0.2, 0.25) is 38.3 Å². The molecule has 1 atom stereocenters. The summed E-state index contributed by atoms with van der Waals surface area (Å²) in [5.41, 5.74) is 11.3. The number of nitrogens with two attached hydrogens (primary N) is 1. The van der Waals surface area contributed by atoms with Crippen molar-refractivity contribution in [3.05, 3.63) is 130 Å². The standard InChI is InChI=1S/C52H63N11O9S2Si3/c1-75(2,34-14-27-53)71-77(72-76(3,4)35-15-28-54-44(64)26-13-29-59(30-16-32-73(65,66)67)31-17-33-74(68,69)70)60-45-36-18-5-6-19-37(36)46(60)56-48-40-22-9-10-23-41(40)50(62(48)77)58-52-43-25-12-11-24-42(43)51(63(52)77)57-49-39-21-8-7-20-38(39)47(55-45)61(49)77/h5-12,18-25H,13-17,26-35,53H2,1-4H3,(H,54,64)(H,65,66,67)(H,68,69,70). The second-order valence-corrected chi connectivity index (χ2v) is 39.8. The molecule has 12 rings (SSSR count). The molecule has 0 aliphatic carbocycles. The molecule has 8 heterocycles. The first-order valence-electron chi connectivity index (χ1n) is 26.5. The normalized spacial score (nSPS) is 18.9. The summed E-state index contributed by atoms with van der Waals surface area (Å²) in [6.07, 6.45) is 2.11. The summed E-state index contributed by atoms with van der Waals surface area (Å²) in [6, 6.07) is 34.5. The van der Waals surface area contributed by atoms with Crippen molar-refractivity contribution in [2.24, 2.45) is 25.7 Å². The summed E-state index contributed by atoms with van der Waals surface area (Å²) in [5, 5.41) is 6.72. The molecule has 5 N–H and O–H groups in total. The van der Waals surface area contributed by atoms with E-state index in [4.69, 9.17) is 33.9 Å². The van der Waals surface area contributed by atoms with Crippen molar-refractivity contribution in [2.75, 3.05) is 44.2 Å². The first-order chi connectivity index (χ1) is 36.7. The third-order valence-corrected chi connectivity index (χ3v) is 34.4. The van der Waals surface area contributed by atoms with Crippen LogP contribution in [-0.4, -0.2) is 141 Å². The van der Waals surface area contributed by atoms with E-state index in [0.29, 0.717) is 110 Å². The van der Waals surface area contributed by atoms with E-state index >= 15 is 0 Å². The second-order valence-electron chi connectivity index (χ2n) is 22.4. The number of amides is 1. The van der Waals surface area contributed by atoms with Crippen LogP contribution in [0.4, 0.5) is 11.6 Å².